The maximum Gasteiger partial charge on any atom is 0.130 e. The third-order valence-electron chi connectivity index (χ3n) is 5.13. The van der Waals surface area contributed by atoms with E-state index in [2.05, 4.69) is 41.2 Å². The van der Waals surface area contributed by atoms with Crippen LogP contribution in [0.5, 0.6) is 0 Å². The Kier molecular flexibility index (Phi) is 4.22. The van der Waals surface area contributed by atoms with Gasteiger partial charge < -0.3 is 10.2 Å². The van der Waals surface area contributed by atoms with Crippen LogP contribution in [0.2, 0.25) is 0 Å². The number of hydrogen-bond donors (Lipinski definition) is 1. The minimum absolute atomic E-state index is 0.653. The highest BCUT2D eigenvalue weighted by Gasteiger charge is 2.35. The lowest BCUT2D eigenvalue weighted by Gasteiger charge is -2.32. The van der Waals surface area contributed by atoms with Crippen molar-refractivity contribution in [1.82, 2.24) is 20.0 Å². The van der Waals surface area contributed by atoms with Crippen LogP contribution in [-0.4, -0.2) is 53.9 Å². The van der Waals surface area contributed by atoms with Crippen LogP contribution in [0.15, 0.2) is 0 Å². The van der Waals surface area contributed by atoms with Crippen molar-refractivity contribution in [3.05, 3.63) is 11.3 Å². The minimum atomic E-state index is 0.653. The van der Waals surface area contributed by atoms with E-state index in [0.29, 0.717) is 6.04 Å². The fourth-order valence-corrected chi connectivity index (χ4v) is 4.17. The van der Waals surface area contributed by atoms with Crippen LogP contribution in [0.25, 0.3) is 0 Å². The Labute approximate surface area is 128 Å². The van der Waals surface area contributed by atoms with Gasteiger partial charge in [0.15, 0.2) is 0 Å². The largest absolute Gasteiger partial charge is 0.363 e. The molecular weight excluding hydrogens is 262 g/mol. The molecule has 1 aromatic rings. The lowest BCUT2D eigenvalue weighted by atomic mass is 9.99. The lowest BCUT2D eigenvalue weighted by Crippen LogP contribution is -2.44. The third-order valence-corrected chi connectivity index (χ3v) is 5.13. The van der Waals surface area contributed by atoms with Crippen LogP contribution in [0, 0.1) is 6.92 Å². The van der Waals surface area contributed by atoms with Crippen LogP contribution >= 0.6 is 0 Å². The molecule has 1 N–H and O–H groups in total. The molecule has 3 heterocycles. The monoisotopic (exact) mass is 291 g/mol. The summed E-state index contributed by atoms with van der Waals surface area (Å²) in [6, 6.07) is 1.42. The van der Waals surface area contributed by atoms with Gasteiger partial charge in [0, 0.05) is 51.9 Å². The Morgan fingerprint density at radius 2 is 2.05 bits per heavy atom. The van der Waals surface area contributed by atoms with E-state index in [4.69, 9.17) is 0 Å². The van der Waals surface area contributed by atoms with Gasteiger partial charge in [0.2, 0.25) is 0 Å². The zero-order valence-corrected chi connectivity index (χ0v) is 13.9. The molecule has 5 heteroatoms. The van der Waals surface area contributed by atoms with Gasteiger partial charge in [-0.15, -0.1) is 0 Å². The first kappa shape index (κ1) is 14.9. The fraction of sp³-hybridized carbons (Fsp3) is 0.812. The molecule has 2 saturated heterocycles. The highest BCUT2D eigenvalue weighted by atomic mass is 15.4. The molecule has 21 heavy (non-hydrogen) atoms. The predicted molar refractivity (Wildman–Crippen MR) is 86.7 cm³/mol. The number of nitrogens with zero attached hydrogens (tertiary/aromatic N) is 4. The molecule has 2 aliphatic rings. The molecule has 0 aromatic carbocycles. The maximum atomic E-state index is 4.58. The number of nitrogens with one attached hydrogen (secondary N) is 1. The smallest absolute Gasteiger partial charge is 0.130 e. The van der Waals surface area contributed by atoms with E-state index >= 15 is 0 Å². The van der Waals surface area contributed by atoms with E-state index in [1.165, 1.54) is 50.2 Å². The molecule has 1 aromatic heterocycles. The van der Waals surface area contributed by atoms with Crippen LogP contribution in [0.1, 0.15) is 36.9 Å². The SMILES string of the molecule is Cc1nn(C)c(N(C)C)c1CN[C@@H]1CCN2CCCC[C@@H]12. The number of anilines is 1. The van der Waals surface area contributed by atoms with E-state index in [-0.39, 0.29) is 0 Å². The zero-order chi connectivity index (χ0) is 15.0. The average molecular weight is 291 g/mol. The van der Waals surface area contributed by atoms with Crippen molar-refractivity contribution in [2.75, 3.05) is 32.1 Å². The van der Waals surface area contributed by atoms with Crippen LogP contribution in [0.4, 0.5) is 5.82 Å². The van der Waals surface area contributed by atoms with E-state index in [1.54, 1.807) is 0 Å². The number of piperidine rings is 1. The molecule has 0 bridgehead atoms. The number of aromatic nitrogens is 2. The van der Waals surface area contributed by atoms with Crippen molar-refractivity contribution in [3.63, 3.8) is 0 Å². The quantitative estimate of drug-likeness (QED) is 0.912. The van der Waals surface area contributed by atoms with E-state index in [9.17, 15) is 0 Å². The zero-order valence-electron chi connectivity index (χ0n) is 13.9. The molecule has 2 atom stereocenters. The standard InChI is InChI=1S/C16H29N5/c1-12-13(16(19(2)3)20(4)18-12)11-17-14-8-10-21-9-6-5-7-15(14)21/h14-15,17H,5-11H2,1-4H3/t14-,15+/m1/s1. The van der Waals surface area contributed by atoms with Gasteiger partial charge in [-0.2, -0.15) is 5.10 Å². The Balaban J connectivity index is 1.68. The summed E-state index contributed by atoms with van der Waals surface area (Å²) in [5.41, 5.74) is 2.49. The first-order valence-corrected chi connectivity index (χ1v) is 8.25. The first-order valence-electron chi connectivity index (χ1n) is 8.25. The van der Waals surface area contributed by atoms with Crippen LogP contribution in [-0.2, 0) is 13.6 Å². The molecule has 3 rings (SSSR count). The van der Waals surface area contributed by atoms with Crippen molar-refractivity contribution < 1.29 is 0 Å². The van der Waals surface area contributed by atoms with E-state index in [0.717, 1.165) is 18.3 Å². The predicted octanol–water partition coefficient (Wildman–Crippen LogP) is 1.51. The number of aryl methyl sites for hydroxylation is 2. The van der Waals surface area contributed by atoms with Gasteiger partial charge >= 0.3 is 0 Å². The lowest BCUT2D eigenvalue weighted by molar-refractivity contribution is 0.180. The summed E-state index contributed by atoms with van der Waals surface area (Å²) in [4.78, 5) is 4.85. The van der Waals surface area contributed by atoms with Crippen LogP contribution < -0.4 is 10.2 Å². The van der Waals surface area contributed by atoms with Gasteiger partial charge in [-0.25, -0.2) is 0 Å². The number of hydrogen-bond acceptors (Lipinski definition) is 4. The van der Waals surface area contributed by atoms with Gasteiger partial charge in [0.05, 0.1) is 5.69 Å². The molecule has 5 nitrogen and oxygen atoms in total. The third kappa shape index (κ3) is 2.81. The summed E-state index contributed by atoms with van der Waals surface area (Å²) in [5, 5.41) is 8.41. The molecular formula is C16H29N5. The van der Waals surface area contributed by atoms with Gasteiger partial charge in [-0.1, -0.05) is 6.42 Å². The molecule has 0 radical (unpaired) electrons. The number of fused-ring (bicyclic) bond motifs is 1. The Hall–Kier alpha value is -1.07. The Morgan fingerprint density at radius 1 is 1.24 bits per heavy atom. The molecule has 118 valence electrons. The van der Waals surface area contributed by atoms with Crippen LogP contribution in [0.3, 0.4) is 0 Å². The fourth-order valence-electron chi connectivity index (χ4n) is 4.17. The van der Waals surface area contributed by atoms with E-state index < -0.39 is 0 Å². The van der Waals surface area contributed by atoms with Crippen molar-refractivity contribution in [1.29, 1.82) is 0 Å². The molecule has 0 aliphatic carbocycles. The highest BCUT2D eigenvalue weighted by Crippen LogP contribution is 2.28. The van der Waals surface area contributed by atoms with Crippen molar-refractivity contribution >= 4 is 5.82 Å². The Bertz CT molecular complexity index is 493. The summed E-state index contributed by atoms with van der Waals surface area (Å²) in [5.74, 6) is 1.22. The molecule has 0 spiro atoms. The van der Waals surface area contributed by atoms with Gasteiger partial charge in [0.25, 0.3) is 0 Å². The minimum Gasteiger partial charge on any atom is -0.363 e. The normalized spacial score (nSPS) is 26.1. The van der Waals surface area contributed by atoms with Crippen molar-refractivity contribution in [2.45, 2.75) is 51.2 Å². The number of rotatable bonds is 4. The molecule has 2 fully saturated rings. The van der Waals surface area contributed by atoms with Gasteiger partial charge in [0.1, 0.15) is 5.82 Å². The summed E-state index contributed by atoms with van der Waals surface area (Å²) < 4.78 is 1.99. The average Bonchev–Trinajstić information content (AvgIpc) is 2.97. The highest BCUT2D eigenvalue weighted by molar-refractivity contribution is 5.48. The van der Waals surface area contributed by atoms with Gasteiger partial charge in [-0.05, 0) is 32.7 Å². The summed E-state index contributed by atoms with van der Waals surface area (Å²) >= 11 is 0. The van der Waals surface area contributed by atoms with E-state index in [1.807, 2.05) is 11.7 Å². The molecule has 0 unspecified atom stereocenters. The second-order valence-corrected chi connectivity index (χ2v) is 6.78. The molecule has 2 aliphatic heterocycles. The molecule has 0 saturated carbocycles. The maximum absolute atomic E-state index is 4.58. The first-order chi connectivity index (χ1) is 10.1. The summed E-state index contributed by atoms with van der Waals surface area (Å²) in [7, 11) is 6.22. The Morgan fingerprint density at radius 3 is 2.81 bits per heavy atom. The van der Waals surface area contributed by atoms with Crippen molar-refractivity contribution in [3.8, 4) is 0 Å². The second-order valence-electron chi connectivity index (χ2n) is 6.78. The van der Waals surface area contributed by atoms with Crippen molar-refractivity contribution in [2.24, 2.45) is 7.05 Å². The topological polar surface area (TPSA) is 36.3 Å². The summed E-state index contributed by atoms with van der Waals surface area (Å²) in [6.07, 6.45) is 5.44. The van der Waals surface area contributed by atoms with Gasteiger partial charge in [-0.3, -0.25) is 9.58 Å². The second kappa shape index (κ2) is 5.97. The summed E-state index contributed by atoms with van der Waals surface area (Å²) in [6.45, 7) is 5.63. The molecule has 0 amide bonds.